The highest BCUT2D eigenvalue weighted by Crippen LogP contribution is 2.40. The highest BCUT2D eigenvalue weighted by molar-refractivity contribution is 6.02. The van der Waals surface area contributed by atoms with Gasteiger partial charge in [-0.25, -0.2) is 18.0 Å². The second-order valence-electron chi connectivity index (χ2n) is 11.7. The lowest BCUT2D eigenvalue weighted by molar-refractivity contribution is -0.141. The standard InChI is InChI=1S/C26H24F2N4O4.C7H12FN/c1-4-15-18(27)8-7-13-10-14(33)11-16(20(13)15)22-21(28)23-17(12-29-22)24(31-26(30-23)36-3)32-9-5-6-19(32)25(34)35-2;8-6-4-7-2-1-3-9(7)5-6/h7-8,10-12,19,33H,4-6,9H2,1-3H3;6-7H,1-5H2/t19-;6-,7?/m01/s1. The Morgan fingerprint density at radius 1 is 1.11 bits per heavy atom. The summed E-state index contributed by atoms with van der Waals surface area (Å²) in [6.07, 6.45) is 5.89. The number of hydrogen-bond donors (Lipinski definition) is 1. The van der Waals surface area contributed by atoms with Crippen LogP contribution in [-0.4, -0.2) is 83.0 Å². The van der Waals surface area contributed by atoms with Gasteiger partial charge in [0, 0.05) is 30.9 Å². The van der Waals surface area contributed by atoms with Gasteiger partial charge in [-0.3, -0.25) is 9.88 Å². The molecule has 0 spiro atoms. The summed E-state index contributed by atoms with van der Waals surface area (Å²) in [4.78, 5) is 29.4. The minimum absolute atomic E-state index is 0.0664. The second-order valence-corrected chi connectivity index (χ2v) is 11.7. The van der Waals surface area contributed by atoms with Crippen molar-refractivity contribution in [2.75, 3.05) is 38.8 Å². The van der Waals surface area contributed by atoms with Crippen LogP contribution in [0.25, 0.3) is 32.9 Å². The van der Waals surface area contributed by atoms with Crippen LogP contribution >= 0.6 is 0 Å². The molecule has 5 heterocycles. The lowest BCUT2D eigenvalue weighted by Crippen LogP contribution is -2.37. The summed E-state index contributed by atoms with van der Waals surface area (Å²) in [5.41, 5.74) is 0.473. The van der Waals surface area contributed by atoms with Gasteiger partial charge in [0.2, 0.25) is 0 Å². The molecular formula is C33H36F3N5O4. The third kappa shape index (κ3) is 5.71. The van der Waals surface area contributed by atoms with E-state index in [2.05, 4.69) is 19.9 Å². The van der Waals surface area contributed by atoms with Crippen molar-refractivity contribution in [2.24, 2.45) is 0 Å². The molecule has 238 valence electrons. The van der Waals surface area contributed by atoms with E-state index in [1.54, 1.807) is 11.8 Å². The molecule has 45 heavy (non-hydrogen) atoms. The number of phenolic OH excluding ortho intramolecular Hbond substituents is 1. The van der Waals surface area contributed by atoms with E-state index in [4.69, 9.17) is 9.47 Å². The zero-order valence-electron chi connectivity index (χ0n) is 25.5. The van der Waals surface area contributed by atoms with Crippen molar-refractivity contribution < 1.29 is 32.5 Å². The summed E-state index contributed by atoms with van der Waals surface area (Å²) in [6.45, 7) is 4.17. The van der Waals surface area contributed by atoms with Gasteiger partial charge in [0.05, 0.1) is 19.6 Å². The van der Waals surface area contributed by atoms with Crippen molar-refractivity contribution >= 4 is 33.5 Å². The van der Waals surface area contributed by atoms with Gasteiger partial charge in [0.25, 0.3) is 0 Å². The first kappa shape index (κ1) is 30.8. The number of methoxy groups -OCH3 is 2. The zero-order valence-corrected chi connectivity index (χ0v) is 25.5. The Morgan fingerprint density at radius 3 is 2.64 bits per heavy atom. The molecule has 9 nitrogen and oxygen atoms in total. The Labute approximate surface area is 259 Å². The number of ether oxygens (including phenoxy) is 2. The van der Waals surface area contributed by atoms with Crippen LogP contribution in [0.15, 0.2) is 30.5 Å². The van der Waals surface area contributed by atoms with Crippen LogP contribution in [-0.2, 0) is 16.0 Å². The van der Waals surface area contributed by atoms with E-state index in [1.807, 2.05) is 0 Å². The van der Waals surface area contributed by atoms with Gasteiger partial charge >= 0.3 is 12.0 Å². The third-order valence-electron chi connectivity index (χ3n) is 9.05. The molecule has 3 fully saturated rings. The number of anilines is 1. The first-order chi connectivity index (χ1) is 21.7. The van der Waals surface area contributed by atoms with Gasteiger partial charge in [-0.2, -0.15) is 9.97 Å². The Morgan fingerprint density at radius 2 is 1.91 bits per heavy atom. The molecule has 1 unspecified atom stereocenters. The van der Waals surface area contributed by atoms with Crippen LogP contribution in [0.1, 0.15) is 44.6 Å². The van der Waals surface area contributed by atoms with E-state index in [0.717, 1.165) is 19.4 Å². The lowest BCUT2D eigenvalue weighted by atomic mass is 9.94. The summed E-state index contributed by atoms with van der Waals surface area (Å²) < 4.78 is 53.6. The van der Waals surface area contributed by atoms with E-state index in [0.29, 0.717) is 59.5 Å². The molecule has 0 bridgehead atoms. The number of pyridine rings is 1. The fourth-order valence-corrected chi connectivity index (χ4v) is 6.98. The first-order valence-electron chi connectivity index (χ1n) is 15.3. The van der Waals surface area contributed by atoms with Crippen LogP contribution in [0.2, 0.25) is 0 Å². The number of nitrogens with zero attached hydrogens (tertiary/aromatic N) is 5. The number of carbonyl (C=O) groups is 1. The van der Waals surface area contributed by atoms with Gasteiger partial charge in [0.1, 0.15) is 40.8 Å². The normalized spacial score (nSPS) is 21.2. The lowest BCUT2D eigenvalue weighted by Gasteiger charge is -2.25. The number of fused-ring (bicyclic) bond motifs is 3. The van der Waals surface area contributed by atoms with Crippen molar-refractivity contribution in [1.29, 1.82) is 0 Å². The predicted molar refractivity (Wildman–Crippen MR) is 164 cm³/mol. The number of aromatic hydroxyl groups is 1. The van der Waals surface area contributed by atoms with E-state index < -0.39 is 29.8 Å². The number of benzene rings is 2. The number of alkyl halides is 1. The van der Waals surface area contributed by atoms with Crippen molar-refractivity contribution in [3.05, 3.63) is 47.7 Å². The highest BCUT2D eigenvalue weighted by Gasteiger charge is 2.36. The number of halogens is 3. The number of esters is 1. The Hall–Kier alpha value is -4.19. The van der Waals surface area contributed by atoms with Crippen molar-refractivity contribution in [1.82, 2.24) is 19.9 Å². The maximum Gasteiger partial charge on any atom is 0.328 e. The fourth-order valence-electron chi connectivity index (χ4n) is 6.98. The van der Waals surface area contributed by atoms with E-state index >= 15 is 4.39 Å². The number of carbonyl (C=O) groups excluding carboxylic acids is 1. The monoisotopic (exact) mass is 623 g/mol. The van der Waals surface area contributed by atoms with Gasteiger partial charge < -0.3 is 19.5 Å². The minimum Gasteiger partial charge on any atom is -0.508 e. The fraction of sp³-hybridized carbons (Fsp3) is 0.455. The second kappa shape index (κ2) is 12.7. The Bertz CT molecular complexity index is 1740. The molecule has 0 saturated carbocycles. The van der Waals surface area contributed by atoms with Crippen LogP contribution < -0.4 is 9.64 Å². The third-order valence-corrected chi connectivity index (χ3v) is 9.05. The SMILES string of the molecule is CCc1c(F)ccc2cc(O)cc(-c3ncc4c(N5CCC[C@H]5C(=O)OC)nc(OC)nc4c3F)c12.F[C@@H]1CC2CCCN2C1. The smallest absolute Gasteiger partial charge is 0.328 e. The molecule has 0 aliphatic carbocycles. The molecule has 2 aromatic heterocycles. The van der Waals surface area contributed by atoms with Crippen LogP contribution in [0.5, 0.6) is 11.8 Å². The number of aromatic nitrogens is 3. The minimum atomic E-state index is -0.776. The Balaban J connectivity index is 0.000000337. The molecule has 0 amide bonds. The molecule has 3 aliphatic heterocycles. The van der Waals surface area contributed by atoms with Crippen LogP contribution in [0.3, 0.4) is 0 Å². The molecule has 0 radical (unpaired) electrons. The molecule has 7 rings (SSSR count). The molecule has 4 aromatic rings. The van der Waals surface area contributed by atoms with Gasteiger partial charge in [-0.1, -0.05) is 13.0 Å². The molecule has 3 saturated heterocycles. The molecule has 12 heteroatoms. The van der Waals surface area contributed by atoms with Gasteiger partial charge in [-0.05, 0) is 79.6 Å². The van der Waals surface area contributed by atoms with E-state index in [-0.39, 0.29) is 28.5 Å². The van der Waals surface area contributed by atoms with Gasteiger partial charge in [-0.15, -0.1) is 0 Å². The molecule has 2 aromatic carbocycles. The Kier molecular flexibility index (Phi) is 8.67. The summed E-state index contributed by atoms with van der Waals surface area (Å²) in [5, 5.41) is 11.7. The van der Waals surface area contributed by atoms with Gasteiger partial charge in [0.15, 0.2) is 5.82 Å². The van der Waals surface area contributed by atoms with Crippen molar-refractivity contribution in [3.8, 4) is 23.0 Å². The molecule has 3 atom stereocenters. The largest absolute Gasteiger partial charge is 0.508 e. The first-order valence-corrected chi connectivity index (χ1v) is 15.3. The van der Waals surface area contributed by atoms with Crippen LogP contribution in [0.4, 0.5) is 19.0 Å². The summed E-state index contributed by atoms with van der Waals surface area (Å²) in [5.74, 6) is -1.41. The van der Waals surface area contributed by atoms with E-state index in [9.17, 15) is 18.7 Å². The van der Waals surface area contributed by atoms with Crippen LogP contribution in [0, 0.1) is 11.6 Å². The van der Waals surface area contributed by atoms with Crippen molar-refractivity contribution in [2.45, 2.75) is 63.7 Å². The maximum atomic E-state index is 16.2. The number of aryl methyl sites for hydroxylation is 1. The summed E-state index contributed by atoms with van der Waals surface area (Å²) >= 11 is 0. The van der Waals surface area contributed by atoms with E-state index in [1.165, 1.54) is 57.5 Å². The zero-order chi connectivity index (χ0) is 31.8. The number of phenols is 1. The number of rotatable bonds is 5. The average molecular weight is 624 g/mol. The molecule has 3 aliphatic rings. The summed E-state index contributed by atoms with van der Waals surface area (Å²) in [7, 11) is 2.68. The average Bonchev–Trinajstić information content (AvgIpc) is 3.78. The van der Waals surface area contributed by atoms with Crippen molar-refractivity contribution in [3.63, 3.8) is 0 Å². The quantitative estimate of drug-likeness (QED) is 0.279. The number of hydrogen-bond acceptors (Lipinski definition) is 9. The summed E-state index contributed by atoms with van der Waals surface area (Å²) in [6, 6.07) is 5.68. The topological polar surface area (TPSA) is 101 Å². The molecular weight excluding hydrogens is 587 g/mol. The maximum absolute atomic E-state index is 16.2. The predicted octanol–water partition coefficient (Wildman–Crippen LogP) is 5.73. The molecule has 1 N–H and O–H groups in total. The highest BCUT2D eigenvalue weighted by atomic mass is 19.1.